The summed E-state index contributed by atoms with van der Waals surface area (Å²) in [5.74, 6) is -0.458. The van der Waals surface area contributed by atoms with Crippen LogP contribution in [0.2, 0.25) is 5.02 Å². The fourth-order valence-corrected chi connectivity index (χ4v) is 3.75. The SMILES string of the molecule is CSc1ccc(C(=O)Nc2nc(-c3ccccc3Cl)cs2)cc1[N+](=O)[O-]. The number of carbonyl (C=O) groups is 1. The van der Waals surface area contributed by atoms with Crippen LogP contribution in [0.15, 0.2) is 52.7 Å². The fourth-order valence-electron chi connectivity index (χ4n) is 2.27. The Kier molecular flexibility index (Phi) is 5.55. The van der Waals surface area contributed by atoms with Crippen LogP contribution in [0, 0.1) is 10.1 Å². The quantitative estimate of drug-likeness (QED) is 0.351. The molecule has 0 unspecified atom stereocenters. The summed E-state index contributed by atoms with van der Waals surface area (Å²) in [6, 6.07) is 11.7. The molecule has 0 atom stereocenters. The molecule has 2 aromatic carbocycles. The van der Waals surface area contributed by atoms with E-state index in [4.69, 9.17) is 11.6 Å². The minimum Gasteiger partial charge on any atom is -0.298 e. The van der Waals surface area contributed by atoms with Crippen LogP contribution < -0.4 is 5.32 Å². The second-order valence-corrected chi connectivity index (χ2v) is 7.23. The number of nitrogens with one attached hydrogen (secondary N) is 1. The van der Waals surface area contributed by atoms with Crippen molar-refractivity contribution >= 4 is 51.4 Å². The average molecular weight is 406 g/mol. The number of anilines is 1. The summed E-state index contributed by atoms with van der Waals surface area (Å²) in [6.07, 6.45) is 1.74. The van der Waals surface area contributed by atoms with Crippen molar-refractivity contribution in [1.29, 1.82) is 0 Å². The number of rotatable bonds is 5. The first-order valence-electron chi connectivity index (χ1n) is 7.34. The van der Waals surface area contributed by atoms with Gasteiger partial charge in [-0.05, 0) is 24.5 Å². The van der Waals surface area contributed by atoms with Gasteiger partial charge in [-0.2, -0.15) is 0 Å². The number of thiazole rings is 1. The smallest absolute Gasteiger partial charge is 0.283 e. The van der Waals surface area contributed by atoms with E-state index in [0.29, 0.717) is 20.7 Å². The number of benzene rings is 2. The topological polar surface area (TPSA) is 85.1 Å². The monoisotopic (exact) mass is 405 g/mol. The van der Waals surface area contributed by atoms with E-state index < -0.39 is 10.8 Å². The molecule has 0 saturated heterocycles. The Bertz CT molecular complexity index is 991. The number of halogens is 1. The van der Waals surface area contributed by atoms with Crippen LogP contribution >= 0.6 is 34.7 Å². The molecule has 9 heteroatoms. The second kappa shape index (κ2) is 7.86. The first kappa shape index (κ1) is 18.4. The fraction of sp³-hybridized carbons (Fsp3) is 0.0588. The maximum absolute atomic E-state index is 12.4. The van der Waals surface area contributed by atoms with Gasteiger partial charge >= 0.3 is 0 Å². The third-order valence-electron chi connectivity index (χ3n) is 3.51. The maximum Gasteiger partial charge on any atom is 0.283 e. The summed E-state index contributed by atoms with van der Waals surface area (Å²) in [4.78, 5) is 27.9. The Morgan fingerprint density at radius 3 is 2.77 bits per heavy atom. The van der Waals surface area contributed by atoms with Gasteiger partial charge < -0.3 is 0 Å². The number of aromatic nitrogens is 1. The van der Waals surface area contributed by atoms with Crippen molar-refractivity contribution < 1.29 is 9.72 Å². The normalized spacial score (nSPS) is 10.5. The van der Waals surface area contributed by atoms with Crippen LogP contribution in [-0.4, -0.2) is 22.1 Å². The Morgan fingerprint density at radius 1 is 1.31 bits per heavy atom. The van der Waals surface area contributed by atoms with E-state index in [1.165, 1.54) is 29.2 Å². The van der Waals surface area contributed by atoms with Gasteiger partial charge in [0, 0.05) is 27.6 Å². The molecule has 0 saturated carbocycles. The number of thioether (sulfide) groups is 1. The predicted octanol–water partition coefficient (Wildman–Crippen LogP) is 5.35. The third kappa shape index (κ3) is 3.87. The molecule has 1 amide bonds. The molecule has 0 aliphatic rings. The second-order valence-electron chi connectivity index (χ2n) is 5.12. The Morgan fingerprint density at radius 2 is 2.08 bits per heavy atom. The van der Waals surface area contributed by atoms with Gasteiger partial charge in [0.15, 0.2) is 5.13 Å². The minimum absolute atomic E-state index is 0.0963. The highest BCUT2D eigenvalue weighted by Gasteiger charge is 2.18. The maximum atomic E-state index is 12.4. The first-order chi connectivity index (χ1) is 12.5. The lowest BCUT2D eigenvalue weighted by atomic mass is 10.2. The Labute approximate surface area is 162 Å². The molecule has 0 radical (unpaired) electrons. The van der Waals surface area contributed by atoms with E-state index in [1.807, 2.05) is 18.2 Å². The van der Waals surface area contributed by atoms with Gasteiger partial charge in [-0.25, -0.2) is 4.98 Å². The lowest BCUT2D eigenvalue weighted by Crippen LogP contribution is -2.12. The van der Waals surface area contributed by atoms with Crippen LogP contribution in [0.1, 0.15) is 10.4 Å². The van der Waals surface area contributed by atoms with Gasteiger partial charge in [0.25, 0.3) is 11.6 Å². The van der Waals surface area contributed by atoms with E-state index in [-0.39, 0.29) is 11.3 Å². The molecule has 1 N–H and O–H groups in total. The molecule has 3 rings (SSSR count). The lowest BCUT2D eigenvalue weighted by molar-refractivity contribution is -0.387. The number of nitrogens with zero attached hydrogens (tertiary/aromatic N) is 2. The summed E-state index contributed by atoms with van der Waals surface area (Å²) in [5, 5.41) is 16.6. The molecular weight excluding hydrogens is 394 g/mol. The zero-order valence-electron chi connectivity index (χ0n) is 13.4. The Balaban J connectivity index is 1.82. The average Bonchev–Trinajstić information content (AvgIpc) is 3.09. The van der Waals surface area contributed by atoms with Crippen molar-refractivity contribution in [2.75, 3.05) is 11.6 Å². The number of hydrogen-bond donors (Lipinski definition) is 1. The zero-order valence-corrected chi connectivity index (χ0v) is 15.8. The largest absolute Gasteiger partial charge is 0.298 e. The summed E-state index contributed by atoms with van der Waals surface area (Å²) in [5.41, 5.74) is 1.52. The van der Waals surface area contributed by atoms with Gasteiger partial charge in [0.05, 0.1) is 15.5 Å². The number of hydrogen-bond acceptors (Lipinski definition) is 6. The predicted molar refractivity (Wildman–Crippen MR) is 105 cm³/mol. The van der Waals surface area contributed by atoms with Gasteiger partial charge in [-0.15, -0.1) is 23.1 Å². The molecule has 0 spiro atoms. The number of nitro groups is 1. The lowest BCUT2D eigenvalue weighted by Gasteiger charge is -2.04. The van der Waals surface area contributed by atoms with E-state index in [1.54, 1.807) is 29.8 Å². The van der Waals surface area contributed by atoms with Gasteiger partial charge in [-0.3, -0.25) is 20.2 Å². The van der Waals surface area contributed by atoms with E-state index in [2.05, 4.69) is 10.3 Å². The van der Waals surface area contributed by atoms with E-state index >= 15 is 0 Å². The third-order valence-corrected chi connectivity index (χ3v) is 5.38. The van der Waals surface area contributed by atoms with Gasteiger partial charge in [-0.1, -0.05) is 29.8 Å². The first-order valence-corrected chi connectivity index (χ1v) is 9.82. The zero-order chi connectivity index (χ0) is 18.7. The molecule has 1 heterocycles. The van der Waals surface area contributed by atoms with Crippen LogP contribution in [0.3, 0.4) is 0 Å². The molecular formula is C17H12ClN3O3S2. The van der Waals surface area contributed by atoms with Crippen molar-refractivity contribution in [3.63, 3.8) is 0 Å². The molecule has 132 valence electrons. The van der Waals surface area contributed by atoms with Gasteiger partial charge in [0.2, 0.25) is 0 Å². The number of nitro benzene ring substituents is 1. The highest BCUT2D eigenvalue weighted by molar-refractivity contribution is 7.98. The van der Waals surface area contributed by atoms with E-state index in [9.17, 15) is 14.9 Å². The highest BCUT2D eigenvalue weighted by Crippen LogP contribution is 2.31. The molecule has 3 aromatic rings. The van der Waals surface area contributed by atoms with Crippen LogP contribution in [0.25, 0.3) is 11.3 Å². The van der Waals surface area contributed by atoms with Crippen molar-refractivity contribution in [1.82, 2.24) is 4.98 Å². The van der Waals surface area contributed by atoms with Crippen molar-refractivity contribution in [2.24, 2.45) is 0 Å². The van der Waals surface area contributed by atoms with Crippen molar-refractivity contribution in [2.45, 2.75) is 4.90 Å². The molecule has 6 nitrogen and oxygen atoms in total. The summed E-state index contributed by atoms with van der Waals surface area (Å²) in [6.45, 7) is 0. The van der Waals surface area contributed by atoms with Crippen molar-refractivity contribution in [3.8, 4) is 11.3 Å². The number of amides is 1. The Hall–Kier alpha value is -2.42. The minimum atomic E-state index is -0.498. The van der Waals surface area contributed by atoms with Crippen LogP contribution in [0.4, 0.5) is 10.8 Å². The standard InChI is InChI=1S/C17H12ClN3O3S2/c1-25-15-7-6-10(8-14(15)21(23)24)16(22)20-17-19-13(9-26-17)11-4-2-3-5-12(11)18/h2-9H,1H3,(H,19,20,22). The molecule has 26 heavy (non-hydrogen) atoms. The molecule has 0 bridgehead atoms. The summed E-state index contributed by atoms with van der Waals surface area (Å²) in [7, 11) is 0. The van der Waals surface area contributed by atoms with Crippen molar-refractivity contribution in [3.05, 3.63) is 68.5 Å². The summed E-state index contributed by atoms with van der Waals surface area (Å²) < 4.78 is 0. The van der Waals surface area contributed by atoms with E-state index in [0.717, 1.165) is 5.56 Å². The van der Waals surface area contributed by atoms with Crippen LogP contribution in [0.5, 0.6) is 0 Å². The van der Waals surface area contributed by atoms with Crippen LogP contribution in [-0.2, 0) is 0 Å². The van der Waals surface area contributed by atoms with Gasteiger partial charge in [0.1, 0.15) is 0 Å². The molecule has 0 aliphatic carbocycles. The molecule has 0 aliphatic heterocycles. The highest BCUT2D eigenvalue weighted by atomic mass is 35.5. The molecule has 1 aromatic heterocycles. The number of carbonyl (C=O) groups excluding carboxylic acids is 1. The summed E-state index contributed by atoms with van der Waals surface area (Å²) >= 11 is 8.67. The molecule has 0 fully saturated rings.